The second-order valence-corrected chi connectivity index (χ2v) is 9.08. The second-order valence-electron chi connectivity index (χ2n) is 8.16. The van der Waals surface area contributed by atoms with Crippen LogP contribution in [0.5, 0.6) is 0 Å². The second kappa shape index (κ2) is 6.24. The smallest absolute Gasteiger partial charge is 0.294 e. The summed E-state index contributed by atoms with van der Waals surface area (Å²) in [6, 6.07) is 7.49. The van der Waals surface area contributed by atoms with Crippen LogP contribution >= 0.6 is 15.9 Å². The molecule has 0 N–H and O–H groups in total. The van der Waals surface area contributed by atoms with Gasteiger partial charge in [0, 0.05) is 36.1 Å². The molecule has 0 amide bonds. The van der Waals surface area contributed by atoms with Gasteiger partial charge in [0.2, 0.25) is 0 Å². The summed E-state index contributed by atoms with van der Waals surface area (Å²) < 4.78 is 3.35. The Balaban J connectivity index is 2.26. The minimum atomic E-state index is -0.441. The number of nitrogens with zero attached hydrogens (tertiary/aromatic N) is 3. The highest BCUT2D eigenvalue weighted by Gasteiger charge is 2.36. The molecular formula is C21H20BrN3O3. The zero-order valence-corrected chi connectivity index (χ0v) is 17.8. The molecule has 1 aromatic carbocycles. The lowest BCUT2D eigenvalue weighted by molar-refractivity contribution is 0.0911. The molecule has 0 radical (unpaired) electrons. The van der Waals surface area contributed by atoms with Gasteiger partial charge in [-0.1, -0.05) is 41.9 Å². The first-order chi connectivity index (χ1) is 13.1. The first-order valence-electron chi connectivity index (χ1n) is 9.02. The first kappa shape index (κ1) is 18.8. The van der Waals surface area contributed by atoms with Crippen molar-refractivity contribution in [3.05, 3.63) is 60.8 Å². The van der Waals surface area contributed by atoms with E-state index in [-0.39, 0.29) is 11.2 Å². The van der Waals surface area contributed by atoms with Crippen molar-refractivity contribution in [2.75, 3.05) is 0 Å². The van der Waals surface area contributed by atoms with Crippen LogP contribution in [0.3, 0.4) is 0 Å². The highest BCUT2D eigenvalue weighted by atomic mass is 79.9. The number of fused-ring (bicyclic) bond motifs is 2. The number of ketones is 1. The molecule has 6 nitrogen and oxygen atoms in total. The molecule has 3 aromatic rings. The number of hydrogen-bond acceptors (Lipinski definition) is 4. The maximum absolute atomic E-state index is 13.1. The quantitative estimate of drug-likeness (QED) is 0.580. The third-order valence-electron chi connectivity index (χ3n) is 5.36. The summed E-state index contributed by atoms with van der Waals surface area (Å²) in [4.78, 5) is 43.3. The number of pyridine rings is 1. The van der Waals surface area contributed by atoms with E-state index in [0.29, 0.717) is 40.7 Å². The van der Waals surface area contributed by atoms with E-state index in [1.807, 2.05) is 38.1 Å². The van der Waals surface area contributed by atoms with E-state index in [9.17, 15) is 14.4 Å². The minimum Gasteiger partial charge on any atom is -0.294 e. The minimum absolute atomic E-state index is 0.0190. The molecule has 144 valence electrons. The van der Waals surface area contributed by atoms with Crippen molar-refractivity contribution in [2.45, 2.75) is 26.7 Å². The molecular weight excluding hydrogens is 422 g/mol. The van der Waals surface area contributed by atoms with E-state index in [1.165, 1.54) is 11.6 Å². The van der Waals surface area contributed by atoms with Crippen molar-refractivity contribution in [1.29, 1.82) is 0 Å². The lowest BCUT2D eigenvalue weighted by Crippen LogP contribution is -2.38. The lowest BCUT2D eigenvalue weighted by Gasteiger charge is -2.31. The standard InChI is InChI=1S/C21H20BrN3O3/c1-21(2)9-13-16(14(26)10-21)15(11-5-7-12(22)8-6-11)17-18(23-13)24(3)20(28)25(4)19(17)27/h5-8H,9-10H2,1-4H3. The average Bonchev–Trinajstić information content (AvgIpc) is 2.63. The van der Waals surface area contributed by atoms with Gasteiger partial charge in [-0.25, -0.2) is 9.78 Å². The predicted molar refractivity (Wildman–Crippen MR) is 112 cm³/mol. The molecule has 1 aliphatic rings. The topological polar surface area (TPSA) is 74.0 Å². The fourth-order valence-electron chi connectivity index (χ4n) is 4.01. The van der Waals surface area contributed by atoms with Crippen LogP contribution in [0.15, 0.2) is 38.3 Å². The molecule has 0 atom stereocenters. The number of benzene rings is 1. The Bertz CT molecular complexity index is 1270. The Morgan fingerprint density at radius 3 is 2.25 bits per heavy atom. The van der Waals surface area contributed by atoms with Crippen molar-refractivity contribution < 1.29 is 4.79 Å². The van der Waals surface area contributed by atoms with Gasteiger partial charge in [0.1, 0.15) is 5.65 Å². The van der Waals surface area contributed by atoms with Gasteiger partial charge in [0.15, 0.2) is 5.78 Å². The predicted octanol–water partition coefficient (Wildman–Crippen LogP) is 3.22. The molecule has 0 bridgehead atoms. The fraction of sp³-hybridized carbons (Fsp3) is 0.333. The van der Waals surface area contributed by atoms with Crippen LogP contribution in [-0.4, -0.2) is 19.9 Å². The van der Waals surface area contributed by atoms with Gasteiger partial charge in [-0.3, -0.25) is 18.7 Å². The molecule has 0 unspecified atom stereocenters. The van der Waals surface area contributed by atoms with E-state index in [0.717, 1.165) is 14.6 Å². The third kappa shape index (κ3) is 2.76. The largest absolute Gasteiger partial charge is 0.332 e. The molecule has 0 saturated carbocycles. The van der Waals surface area contributed by atoms with Crippen molar-refractivity contribution in [2.24, 2.45) is 19.5 Å². The normalized spacial score (nSPS) is 15.7. The number of aromatic nitrogens is 3. The zero-order valence-electron chi connectivity index (χ0n) is 16.2. The van der Waals surface area contributed by atoms with Gasteiger partial charge < -0.3 is 0 Å². The molecule has 28 heavy (non-hydrogen) atoms. The lowest BCUT2D eigenvalue weighted by atomic mass is 9.73. The molecule has 7 heteroatoms. The van der Waals surface area contributed by atoms with Crippen molar-refractivity contribution in [3.63, 3.8) is 0 Å². The Hall–Kier alpha value is -2.54. The number of carbonyl (C=O) groups is 1. The van der Waals surface area contributed by atoms with Gasteiger partial charge in [-0.2, -0.15) is 0 Å². The third-order valence-corrected chi connectivity index (χ3v) is 5.89. The van der Waals surface area contributed by atoms with Gasteiger partial charge in [0.05, 0.1) is 11.1 Å². The SMILES string of the molecule is Cn1c(=O)c2c(-c3ccc(Br)cc3)c3c(nc2n(C)c1=O)CC(C)(C)CC3=O. The van der Waals surface area contributed by atoms with Crippen LogP contribution < -0.4 is 11.2 Å². The van der Waals surface area contributed by atoms with Crippen LogP contribution in [0.25, 0.3) is 22.2 Å². The van der Waals surface area contributed by atoms with Crippen molar-refractivity contribution >= 4 is 32.7 Å². The monoisotopic (exact) mass is 441 g/mol. The molecule has 1 aliphatic carbocycles. The highest BCUT2D eigenvalue weighted by Crippen LogP contribution is 2.40. The van der Waals surface area contributed by atoms with E-state index < -0.39 is 11.2 Å². The fourth-order valence-corrected chi connectivity index (χ4v) is 4.27. The Morgan fingerprint density at radius 1 is 0.964 bits per heavy atom. The van der Waals surface area contributed by atoms with Crippen molar-refractivity contribution in [1.82, 2.24) is 14.1 Å². The Morgan fingerprint density at radius 2 is 1.61 bits per heavy atom. The average molecular weight is 442 g/mol. The number of Topliss-reactive ketones (excluding diaryl/α,β-unsaturated/α-hetero) is 1. The summed E-state index contributed by atoms with van der Waals surface area (Å²) in [5, 5.41) is 0.304. The first-order valence-corrected chi connectivity index (χ1v) is 9.82. The van der Waals surface area contributed by atoms with E-state index in [2.05, 4.69) is 20.9 Å². The van der Waals surface area contributed by atoms with E-state index >= 15 is 0 Å². The summed E-state index contributed by atoms with van der Waals surface area (Å²) in [6.07, 6.45) is 1.000. The summed E-state index contributed by atoms with van der Waals surface area (Å²) in [6.45, 7) is 4.06. The molecule has 0 aliphatic heterocycles. The molecule has 2 heterocycles. The molecule has 0 saturated heterocycles. The number of aryl methyl sites for hydroxylation is 1. The number of rotatable bonds is 1. The Labute approximate surface area is 170 Å². The zero-order chi connectivity index (χ0) is 20.4. The summed E-state index contributed by atoms with van der Waals surface area (Å²) >= 11 is 3.43. The summed E-state index contributed by atoms with van der Waals surface area (Å²) in [5.74, 6) is -0.0190. The van der Waals surface area contributed by atoms with E-state index in [4.69, 9.17) is 0 Å². The summed E-state index contributed by atoms with van der Waals surface area (Å²) in [7, 11) is 3.05. The highest BCUT2D eigenvalue weighted by molar-refractivity contribution is 9.10. The van der Waals surface area contributed by atoms with Crippen LogP contribution in [0.4, 0.5) is 0 Å². The van der Waals surface area contributed by atoms with Crippen LogP contribution in [0.1, 0.15) is 36.3 Å². The number of hydrogen-bond donors (Lipinski definition) is 0. The molecule has 4 rings (SSSR count). The van der Waals surface area contributed by atoms with Gasteiger partial charge in [-0.05, 0) is 29.5 Å². The van der Waals surface area contributed by atoms with Gasteiger partial charge in [0.25, 0.3) is 5.56 Å². The maximum atomic E-state index is 13.1. The van der Waals surface area contributed by atoms with E-state index in [1.54, 1.807) is 7.05 Å². The van der Waals surface area contributed by atoms with Gasteiger partial charge in [-0.15, -0.1) is 0 Å². The summed E-state index contributed by atoms with van der Waals surface area (Å²) in [5.41, 5.74) is 1.70. The van der Waals surface area contributed by atoms with Gasteiger partial charge >= 0.3 is 5.69 Å². The molecule has 2 aromatic heterocycles. The molecule has 0 fully saturated rings. The van der Waals surface area contributed by atoms with Crippen LogP contribution in [0.2, 0.25) is 0 Å². The maximum Gasteiger partial charge on any atom is 0.332 e. The number of carbonyl (C=O) groups excluding carboxylic acids is 1. The Kier molecular flexibility index (Phi) is 4.19. The van der Waals surface area contributed by atoms with Crippen molar-refractivity contribution in [3.8, 4) is 11.1 Å². The molecule has 0 spiro atoms. The number of halogens is 1. The van der Waals surface area contributed by atoms with Crippen LogP contribution in [-0.2, 0) is 20.5 Å². The van der Waals surface area contributed by atoms with Crippen LogP contribution in [0, 0.1) is 5.41 Å².